The van der Waals surface area contributed by atoms with Crippen LogP contribution < -0.4 is 0 Å². The Hall–Kier alpha value is -1.70. The van der Waals surface area contributed by atoms with Gasteiger partial charge in [0.25, 0.3) is 5.91 Å². The topological polar surface area (TPSA) is 85.2 Å². The molecule has 1 aromatic rings. The number of aromatic nitrogens is 3. The van der Waals surface area contributed by atoms with Gasteiger partial charge in [-0.25, -0.2) is 13.1 Å². The van der Waals surface area contributed by atoms with E-state index in [-0.39, 0.29) is 41.1 Å². The number of hydrogen-bond donors (Lipinski definition) is 0. The van der Waals surface area contributed by atoms with Gasteiger partial charge in [-0.15, -0.1) is 11.7 Å². The average molecular weight is 326 g/mol. The summed E-state index contributed by atoms with van der Waals surface area (Å²) >= 11 is 0. The molecular formula is C14H22N4O3S. The van der Waals surface area contributed by atoms with Crippen molar-refractivity contribution in [2.45, 2.75) is 33.4 Å². The minimum absolute atomic E-state index is 0.00782. The second-order valence-corrected chi connectivity index (χ2v) is 8.84. The third-order valence-corrected chi connectivity index (χ3v) is 5.39. The molecule has 0 N–H and O–H groups in total. The van der Waals surface area contributed by atoms with Gasteiger partial charge in [0, 0.05) is 6.54 Å². The molecule has 122 valence electrons. The van der Waals surface area contributed by atoms with Crippen LogP contribution in [0.15, 0.2) is 18.9 Å². The minimum atomic E-state index is -3.12. The summed E-state index contributed by atoms with van der Waals surface area (Å²) in [7, 11) is -3.12. The number of amides is 1. The quantitative estimate of drug-likeness (QED) is 0.765. The largest absolute Gasteiger partial charge is 0.332 e. The van der Waals surface area contributed by atoms with Crippen LogP contribution in [-0.4, -0.2) is 58.3 Å². The van der Waals surface area contributed by atoms with E-state index in [1.165, 1.54) is 4.68 Å². The summed E-state index contributed by atoms with van der Waals surface area (Å²) < 4.78 is 25.4. The molecule has 1 saturated heterocycles. The molecule has 8 heteroatoms. The van der Waals surface area contributed by atoms with E-state index in [1.807, 2.05) is 20.8 Å². The van der Waals surface area contributed by atoms with Crippen molar-refractivity contribution >= 4 is 15.7 Å². The molecule has 0 spiro atoms. The maximum Gasteiger partial charge on any atom is 0.276 e. The molecule has 1 unspecified atom stereocenters. The highest BCUT2D eigenvalue weighted by Crippen LogP contribution is 2.29. The Kier molecular flexibility index (Phi) is 4.42. The lowest BCUT2D eigenvalue weighted by atomic mass is 9.86. The highest BCUT2D eigenvalue weighted by atomic mass is 32.2. The van der Waals surface area contributed by atoms with Crippen LogP contribution in [0.2, 0.25) is 0 Å². The van der Waals surface area contributed by atoms with Crippen molar-refractivity contribution in [3.8, 4) is 0 Å². The molecule has 1 amide bonds. The molecule has 1 aliphatic rings. The fourth-order valence-electron chi connectivity index (χ4n) is 2.53. The third-order valence-electron chi connectivity index (χ3n) is 3.77. The Morgan fingerprint density at radius 3 is 2.77 bits per heavy atom. The summed E-state index contributed by atoms with van der Waals surface area (Å²) in [5, 5.41) is 7.75. The van der Waals surface area contributed by atoms with Crippen molar-refractivity contribution in [1.82, 2.24) is 19.9 Å². The maximum absolute atomic E-state index is 12.7. The number of carbonyl (C=O) groups excluding carboxylic acids is 1. The second kappa shape index (κ2) is 5.83. The Bertz CT molecular complexity index is 673. The van der Waals surface area contributed by atoms with Crippen LogP contribution in [0, 0.1) is 5.41 Å². The zero-order chi connectivity index (χ0) is 16.5. The highest BCUT2D eigenvalue weighted by molar-refractivity contribution is 7.91. The summed E-state index contributed by atoms with van der Waals surface area (Å²) in [5.74, 6) is -0.292. The van der Waals surface area contributed by atoms with Gasteiger partial charge in [0.05, 0.1) is 30.3 Å². The van der Waals surface area contributed by atoms with E-state index in [1.54, 1.807) is 17.2 Å². The summed E-state index contributed by atoms with van der Waals surface area (Å²) in [6.07, 6.45) is 3.22. The van der Waals surface area contributed by atoms with Crippen LogP contribution in [0.25, 0.3) is 0 Å². The smallest absolute Gasteiger partial charge is 0.276 e. The molecule has 0 saturated carbocycles. The van der Waals surface area contributed by atoms with E-state index < -0.39 is 9.84 Å². The Morgan fingerprint density at radius 2 is 2.18 bits per heavy atom. The van der Waals surface area contributed by atoms with E-state index in [2.05, 4.69) is 16.9 Å². The Morgan fingerprint density at radius 1 is 1.50 bits per heavy atom. The molecule has 1 atom stereocenters. The van der Waals surface area contributed by atoms with Gasteiger partial charge in [0.15, 0.2) is 15.5 Å². The second-order valence-electron chi connectivity index (χ2n) is 6.61. The van der Waals surface area contributed by atoms with Crippen LogP contribution in [0.1, 0.15) is 31.3 Å². The molecule has 1 aromatic heterocycles. The molecule has 1 aliphatic heterocycles. The van der Waals surface area contributed by atoms with Crippen LogP contribution in [0.5, 0.6) is 0 Å². The molecule has 0 bridgehead atoms. The van der Waals surface area contributed by atoms with Gasteiger partial charge in [-0.3, -0.25) is 4.79 Å². The van der Waals surface area contributed by atoms with Crippen LogP contribution in [0.3, 0.4) is 0 Å². The number of rotatable bonds is 3. The molecule has 0 radical (unpaired) electrons. The first kappa shape index (κ1) is 16.7. The van der Waals surface area contributed by atoms with Gasteiger partial charge < -0.3 is 4.90 Å². The molecule has 0 aromatic carbocycles. The lowest BCUT2D eigenvalue weighted by molar-refractivity contribution is 0.0556. The Labute approximate surface area is 130 Å². The van der Waals surface area contributed by atoms with Crippen molar-refractivity contribution in [3.05, 3.63) is 24.5 Å². The van der Waals surface area contributed by atoms with E-state index in [0.717, 1.165) is 0 Å². The highest BCUT2D eigenvalue weighted by Gasteiger charge is 2.41. The molecular weight excluding hydrogens is 304 g/mol. The van der Waals surface area contributed by atoms with Crippen molar-refractivity contribution in [1.29, 1.82) is 0 Å². The fraction of sp³-hybridized carbons (Fsp3) is 0.643. The fourth-order valence-corrected chi connectivity index (χ4v) is 4.34. The zero-order valence-electron chi connectivity index (χ0n) is 13.2. The lowest BCUT2D eigenvalue weighted by Crippen LogP contribution is -2.56. The average Bonchev–Trinajstić information content (AvgIpc) is 2.85. The van der Waals surface area contributed by atoms with Gasteiger partial charge in [-0.2, -0.15) is 0 Å². The monoisotopic (exact) mass is 326 g/mol. The van der Waals surface area contributed by atoms with Crippen molar-refractivity contribution in [2.75, 3.05) is 18.1 Å². The first-order chi connectivity index (χ1) is 10.1. The van der Waals surface area contributed by atoms with E-state index in [4.69, 9.17) is 0 Å². The summed E-state index contributed by atoms with van der Waals surface area (Å²) in [6, 6.07) is -0.372. The first-order valence-electron chi connectivity index (χ1n) is 7.16. The predicted molar refractivity (Wildman–Crippen MR) is 83.2 cm³/mol. The van der Waals surface area contributed by atoms with Crippen molar-refractivity contribution in [3.63, 3.8) is 0 Å². The number of nitrogens with zero attached hydrogens (tertiary/aromatic N) is 4. The number of hydrogen-bond acceptors (Lipinski definition) is 5. The zero-order valence-corrected chi connectivity index (χ0v) is 14.0. The van der Waals surface area contributed by atoms with Gasteiger partial charge in [-0.1, -0.05) is 32.1 Å². The molecule has 2 heterocycles. The molecule has 7 nitrogen and oxygen atoms in total. The third kappa shape index (κ3) is 3.55. The summed E-state index contributed by atoms with van der Waals surface area (Å²) in [5.41, 5.74) is -0.101. The molecule has 22 heavy (non-hydrogen) atoms. The first-order valence-corrected chi connectivity index (χ1v) is 8.98. The number of allylic oxidation sites excluding steroid dienone is 1. The number of carbonyl (C=O) groups is 1. The van der Waals surface area contributed by atoms with Crippen LogP contribution >= 0.6 is 0 Å². The number of sulfone groups is 1. The maximum atomic E-state index is 12.7. The summed E-state index contributed by atoms with van der Waals surface area (Å²) in [4.78, 5) is 14.3. The van der Waals surface area contributed by atoms with Crippen LogP contribution in [0.4, 0.5) is 0 Å². The molecule has 0 aliphatic carbocycles. The standard InChI is InChI=1S/C14H22N4O3S/c1-5-6-17-9-11(15-16-17)13(19)18-7-8-22(20,21)10-12(18)14(2,3)4/h5,9,12H,1,6-8,10H2,2-4H3. The van der Waals surface area contributed by atoms with E-state index >= 15 is 0 Å². The van der Waals surface area contributed by atoms with Crippen molar-refractivity contribution in [2.24, 2.45) is 5.41 Å². The Balaban J connectivity index is 2.27. The van der Waals surface area contributed by atoms with Crippen molar-refractivity contribution < 1.29 is 13.2 Å². The van der Waals surface area contributed by atoms with Gasteiger partial charge in [0.1, 0.15) is 0 Å². The van der Waals surface area contributed by atoms with Gasteiger partial charge in [0.2, 0.25) is 0 Å². The van der Waals surface area contributed by atoms with E-state index in [9.17, 15) is 13.2 Å². The summed E-state index contributed by atoms with van der Waals surface area (Å²) in [6.45, 7) is 10.1. The van der Waals surface area contributed by atoms with Crippen LogP contribution in [-0.2, 0) is 16.4 Å². The minimum Gasteiger partial charge on any atom is -0.332 e. The molecule has 2 rings (SSSR count). The predicted octanol–water partition coefficient (Wildman–Crippen LogP) is 0.749. The molecule has 1 fully saturated rings. The van der Waals surface area contributed by atoms with E-state index in [0.29, 0.717) is 6.54 Å². The van der Waals surface area contributed by atoms with Gasteiger partial charge >= 0.3 is 0 Å². The SMILES string of the molecule is C=CCn1cc(C(=O)N2CCS(=O)(=O)CC2C(C)(C)C)nn1. The van der Waals surface area contributed by atoms with Gasteiger partial charge in [-0.05, 0) is 5.41 Å². The normalized spacial score (nSPS) is 21.6. The lowest BCUT2D eigenvalue weighted by Gasteiger charge is -2.42.